The molecule has 0 saturated carbocycles. The molecule has 1 aromatic heterocycles. The number of sulfonamides is 1. The molecule has 0 aliphatic carbocycles. The van der Waals surface area contributed by atoms with E-state index in [-0.39, 0.29) is 22.0 Å². The molecule has 0 radical (unpaired) electrons. The van der Waals surface area contributed by atoms with E-state index in [4.69, 9.17) is 11.6 Å². The average molecular weight is 484 g/mol. The predicted octanol–water partition coefficient (Wildman–Crippen LogP) is 3.69. The third kappa shape index (κ3) is 6.52. The van der Waals surface area contributed by atoms with Gasteiger partial charge < -0.3 is 10.2 Å². The lowest BCUT2D eigenvalue weighted by molar-refractivity contribution is -0.126. The van der Waals surface area contributed by atoms with Gasteiger partial charge in [-0.2, -0.15) is 4.31 Å². The molecule has 1 atom stereocenters. The molecule has 3 rings (SSSR count). The minimum Gasteiger partial charge on any atom is -0.355 e. The van der Waals surface area contributed by atoms with Gasteiger partial charge in [0.1, 0.15) is 4.21 Å². The molecule has 1 unspecified atom stereocenters. The number of hydrogen-bond donors (Lipinski definition) is 1. The summed E-state index contributed by atoms with van der Waals surface area (Å²) in [5, 5.41) is 3.04. The zero-order valence-corrected chi connectivity index (χ0v) is 20.3. The first kappa shape index (κ1) is 24.2. The van der Waals surface area contributed by atoms with E-state index >= 15 is 0 Å². The molecule has 6 nitrogen and oxygen atoms in total. The van der Waals surface area contributed by atoms with E-state index < -0.39 is 10.0 Å². The van der Waals surface area contributed by atoms with E-state index in [0.717, 1.165) is 24.4 Å². The van der Waals surface area contributed by atoms with Gasteiger partial charge in [-0.15, -0.1) is 11.3 Å². The molecule has 2 aromatic rings. The topological polar surface area (TPSA) is 69.7 Å². The van der Waals surface area contributed by atoms with Gasteiger partial charge in [-0.05, 0) is 43.5 Å². The molecule has 9 heteroatoms. The van der Waals surface area contributed by atoms with Crippen LogP contribution in [0.1, 0.15) is 25.3 Å². The molecule has 1 amide bonds. The number of hydrogen-bond acceptors (Lipinski definition) is 5. The first-order valence-corrected chi connectivity index (χ1v) is 13.2. The number of nitrogens with one attached hydrogen (secondary N) is 1. The second kappa shape index (κ2) is 10.9. The fraction of sp³-hybridized carbons (Fsp3) is 0.500. The molecule has 170 valence electrons. The van der Waals surface area contributed by atoms with Crippen molar-refractivity contribution in [2.24, 2.45) is 11.8 Å². The Bertz CT molecular complexity index is 957. The third-order valence-corrected chi connectivity index (χ3v) is 9.45. The first-order valence-electron chi connectivity index (χ1n) is 10.5. The summed E-state index contributed by atoms with van der Waals surface area (Å²) in [7, 11) is -1.46. The van der Waals surface area contributed by atoms with E-state index in [0.29, 0.717) is 36.8 Å². The fourth-order valence-corrected chi connectivity index (χ4v) is 7.01. The minimum absolute atomic E-state index is 0.0412. The van der Waals surface area contributed by atoms with Crippen molar-refractivity contribution in [2.75, 3.05) is 33.2 Å². The van der Waals surface area contributed by atoms with Crippen molar-refractivity contribution in [1.82, 2.24) is 14.5 Å². The summed E-state index contributed by atoms with van der Waals surface area (Å²) in [6, 6.07) is 13.4. The van der Waals surface area contributed by atoms with Crippen LogP contribution in [0.5, 0.6) is 0 Å². The number of likely N-dealkylation sites (N-methyl/N-ethyl adjacent to an activating group) is 1. The number of rotatable bonds is 9. The summed E-state index contributed by atoms with van der Waals surface area (Å²) < 4.78 is 27.7. The molecule has 1 saturated heterocycles. The SMILES string of the molecule is CC(C(=O)NCCN(C)Cc1ccccc1)C1CCN(S(=O)(=O)c2ccc(Cl)s2)CC1. The fourth-order valence-electron chi connectivity index (χ4n) is 3.90. The van der Waals surface area contributed by atoms with Crippen molar-refractivity contribution in [3.8, 4) is 0 Å². The molecule has 0 spiro atoms. The van der Waals surface area contributed by atoms with E-state index in [1.165, 1.54) is 9.87 Å². The zero-order chi connectivity index (χ0) is 22.4. The summed E-state index contributed by atoms with van der Waals surface area (Å²) in [6.45, 7) is 5.01. The van der Waals surface area contributed by atoms with Gasteiger partial charge in [-0.1, -0.05) is 48.9 Å². The van der Waals surface area contributed by atoms with Gasteiger partial charge in [0.05, 0.1) is 4.34 Å². The number of piperidine rings is 1. The van der Waals surface area contributed by atoms with Gasteiger partial charge in [-0.3, -0.25) is 4.79 Å². The molecule has 1 aromatic carbocycles. The van der Waals surface area contributed by atoms with Crippen LogP contribution in [0, 0.1) is 11.8 Å². The van der Waals surface area contributed by atoms with Gasteiger partial charge in [0.25, 0.3) is 10.0 Å². The largest absolute Gasteiger partial charge is 0.355 e. The van der Waals surface area contributed by atoms with Gasteiger partial charge in [0.2, 0.25) is 5.91 Å². The molecule has 1 fully saturated rings. The summed E-state index contributed by atoms with van der Waals surface area (Å²) in [4.78, 5) is 14.8. The van der Waals surface area contributed by atoms with Crippen LogP contribution in [0.2, 0.25) is 4.34 Å². The van der Waals surface area contributed by atoms with Gasteiger partial charge >= 0.3 is 0 Å². The maximum absolute atomic E-state index is 12.7. The van der Waals surface area contributed by atoms with Crippen LogP contribution in [-0.2, 0) is 21.4 Å². The molecule has 2 heterocycles. The van der Waals surface area contributed by atoms with Crippen molar-refractivity contribution in [1.29, 1.82) is 0 Å². The smallest absolute Gasteiger partial charge is 0.252 e. The van der Waals surface area contributed by atoms with Crippen LogP contribution in [-0.4, -0.2) is 56.8 Å². The van der Waals surface area contributed by atoms with Crippen molar-refractivity contribution < 1.29 is 13.2 Å². The van der Waals surface area contributed by atoms with Gasteiger partial charge in [0.15, 0.2) is 0 Å². The van der Waals surface area contributed by atoms with Crippen LogP contribution in [0.25, 0.3) is 0 Å². The number of carbonyl (C=O) groups is 1. The van der Waals surface area contributed by atoms with Crippen LogP contribution >= 0.6 is 22.9 Å². The first-order chi connectivity index (χ1) is 14.8. The van der Waals surface area contributed by atoms with Crippen molar-refractivity contribution >= 4 is 38.9 Å². The van der Waals surface area contributed by atoms with Crippen LogP contribution < -0.4 is 5.32 Å². The molecular formula is C22H30ClN3O3S2. The maximum atomic E-state index is 12.7. The number of benzene rings is 1. The highest BCUT2D eigenvalue weighted by atomic mass is 35.5. The monoisotopic (exact) mass is 483 g/mol. The Morgan fingerprint density at radius 3 is 2.52 bits per heavy atom. The van der Waals surface area contributed by atoms with Crippen LogP contribution in [0.15, 0.2) is 46.7 Å². The second-order valence-corrected chi connectivity index (χ2v) is 12.0. The predicted molar refractivity (Wildman–Crippen MR) is 126 cm³/mol. The van der Waals surface area contributed by atoms with Gasteiger partial charge in [0, 0.05) is 38.6 Å². The Labute approximate surface area is 194 Å². The van der Waals surface area contributed by atoms with Gasteiger partial charge in [-0.25, -0.2) is 8.42 Å². The summed E-state index contributed by atoms with van der Waals surface area (Å²) in [6.07, 6.45) is 1.36. The lowest BCUT2D eigenvalue weighted by Gasteiger charge is -2.33. The van der Waals surface area contributed by atoms with Crippen LogP contribution in [0.4, 0.5) is 0 Å². The summed E-state index contributed by atoms with van der Waals surface area (Å²) >= 11 is 6.97. The normalized spacial score (nSPS) is 17.0. The average Bonchev–Trinajstić information content (AvgIpc) is 3.21. The lowest BCUT2D eigenvalue weighted by atomic mass is 9.85. The highest BCUT2D eigenvalue weighted by molar-refractivity contribution is 7.91. The molecule has 1 N–H and O–H groups in total. The Morgan fingerprint density at radius 2 is 1.90 bits per heavy atom. The third-order valence-electron chi connectivity index (χ3n) is 5.85. The zero-order valence-electron chi connectivity index (χ0n) is 18.0. The number of halogens is 1. The Kier molecular flexibility index (Phi) is 8.52. The van der Waals surface area contributed by atoms with E-state index in [1.54, 1.807) is 12.1 Å². The molecule has 1 aliphatic heterocycles. The number of amides is 1. The maximum Gasteiger partial charge on any atom is 0.252 e. The molecule has 1 aliphatic rings. The lowest BCUT2D eigenvalue weighted by Crippen LogP contribution is -2.43. The standard InChI is InChI=1S/C22H30ClN3O3S2/c1-17(22(27)24-12-15-25(2)16-18-6-4-3-5-7-18)19-10-13-26(14-11-19)31(28,29)21-9-8-20(23)30-21/h3-9,17,19H,10-16H2,1-2H3,(H,24,27). The van der Waals surface area contributed by atoms with Crippen molar-refractivity contribution in [3.05, 3.63) is 52.4 Å². The number of thiophene rings is 1. The Morgan fingerprint density at radius 1 is 1.23 bits per heavy atom. The minimum atomic E-state index is -3.50. The van der Waals surface area contributed by atoms with E-state index in [9.17, 15) is 13.2 Å². The van der Waals surface area contributed by atoms with E-state index in [2.05, 4.69) is 22.3 Å². The Hall–Kier alpha value is -1.45. The Balaban J connectivity index is 1.41. The number of carbonyl (C=O) groups excluding carboxylic acids is 1. The summed E-state index contributed by atoms with van der Waals surface area (Å²) in [5.74, 6) is 0.0837. The van der Waals surface area contributed by atoms with Crippen LogP contribution in [0.3, 0.4) is 0 Å². The second-order valence-electron chi connectivity index (χ2n) is 8.10. The highest BCUT2D eigenvalue weighted by Gasteiger charge is 2.34. The van der Waals surface area contributed by atoms with E-state index in [1.807, 2.05) is 32.2 Å². The number of nitrogens with zero attached hydrogens (tertiary/aromatic N) is 2. The molecular weight excluding hydrogens is 454 g/mol. The van der Waals surface area contributed by atoms with Crippen molar-refractivity contribution in [2.45, 2.75) is 30.5 Å². The highest BCUT2D eigenvalue weighted by Crippen LogP contribution is 2.32. The summed E-state index contributed by atoms with van der Waals surface area (Å²) in [5.41, 5.74) is 1.25. The quantitative estimate of drug-likeness (QED) is 0.590. The van der Waals surface area contributed by atoms with Crippen molar-refractivity contribution in [3.63, 3.8) is 0 Å². The molecule has 0 bridgehead atoms. The molecule has 31 heavy (non-hydrogen) atoms.